The van der Waals surface area contributed by atoms with Gasteiger partial charge in [0, 0.05) is 12.7 Å². The first-order chi connectivity index (χ1) is 10.7. The number of pyridine rings is 1. The maximum absolute atomic E-state index is 13.4. The minimum atomic E-state index is -0.292. The van der Waals surface area contributed by atoms with Gasteiger partial charge in [0.1, 0.15) is 11.5 Å². The minimum Gasteiger partial charge on any atom is -0.394 e. The van der Waals surface area contributed by atoms with Gasteiger partial charge in [-0.2, -0.15) is 0 Å². The summed E-state index contributed by atoms with van der Waals surface area (Å²) in [5, 5.41) is 9.70. The Bertz CT molecular complexity index is 771. The van der Waals surface area contributed by atoms with Crippen molar-refractivity contribution >= 4 is 5.65 Å². The van der Waals surface area contributed by atoms with Crippen LogP contribution in [-0.4, -0.2) is 33.0 Å². The lowest BCUT2D eigenvalue weighted by atomic mass is 10.1. The Morgan fingerprint density at radius 2 is 2.14 bits per heavy atom. The van der Waals surface area contributed by atoms with Crippen LogP contribution in [0.2, 0.25) is 0 Å². The van der Waals surface area contributed by atoms with E-state index in [0.717, 1.165) is 16.9 Å². The fourth-order valence-corrected chi connectivity index (χ4v) is 2.68. The standard InChI is InChI=1S/C17H18FN3O/c1-20(16(12-22)13-5-4-6-14(18)9-13)11-15-10-19-17-7-2-3-8-21(15)17/h2-10,16,22H,11-12H2,1H3/t16-/m0/s1. The van der Waals surface area contributed by atoms with Crippen molar-refractivity contribution in [3.8, 4) is 0 Å². The molecule has 1 aromatic carbocycles. The second-order valence-corrected chi connectivity index (χ2v) is 5.35. The van der Waals surface area contributed by atoms with Gasteiger partial charge in [-0.25, -0.2) is 9.37 Å². The van der Waals surface area contributed by atoms with Gasteiger partial charge in [0.25, 0.3) is 0 Å². The Kier molecular flexibility index (Phi) is 4.18. The highest BCUT2D eigenvalue weighted by Gasteiger charge is 2.18. The third-order valence-electron chi connectivity index (χ3n) is 3.84. The van der Waals surface area contributed by atoms with Crippen LogP contribution in [0.4, 0.5) is 4.39 Å². The molecule has 2 aromatic heterocycles. The molecule has 3 aromatic rings. The van der Waals surface area contributed by atoms with Gasteiger partial charge in [0.15, 0.2) is 0 Å². The smallest absolute Gasteiger partial charge is 0.136 e. The average molecular weight is 299 g/mol. The molecular weight excluding hydrogens is 281 g/mol. The van der Waals surface area contributed by atoms with Crippen LogP contribution in [0, 0.1) is 5.82 Å². The SMILES string of the molecule is CN(Cc1cnc2ccccn12)[C@@H](CO)c1cccc(F)c1. The molecule has 4 nitrogen and oxygen atoms in total. The third-order valence-corrected chi connectivity index (χ3v) is 3.84. The van der Waals surface area contributed by atoms with Gasteiger partial charge >= 0.3 is 0 Å². The summed E-state index contributed by atoms with van der Waals surface area (Å²) in [5.41, 5.74) is 2.67. The molecule has 1 N–H and O–H groups in total. The van der Waals surface area contributed by atoms with Gasteiger partial charge in [-0.1, -0.05) is 18.2 Å². The second-order valence-electron chi connectivity index (χ2n) is 5.35. The monoisotopic (exact) mass is 299 g/mol. The molecule has 114 valence electrons. The van der Waals surface area contributed by atoms with E-state index in [-0.39, 0.29) is 18.5 Å². The van der Waals surface area contributed by atoms with E-state index < -0.39 is 0 Å². The normalized spacial score (nSPS) is 12.9. The van der Waals surface area contributed by atoms with Crippen molar-refractivity contribution in [3.05, 3.63) is 71.9 Å². The zero-order valence-corrected chi connectivity index (χ0v) is 12.4. The van der Waals surface area contributed by atoms with Crippen LogP contribution >= 0.6 is 0 Å². The fraction of sp³-hybridized carbons (Fsp3) is 0.235. The third kappa shape index (κ3) is 2.86. The molecule has 0 amide bonds. The van der Waals surface area contributed by atoms with Crippen molar-refractivity contribution in [3.63, 3.8) is 0 Å². The molecule has 0 aliphatic heterocycles. The summed E-state index contributed by atoms with van der Waals surface area (Å²) in [6, 6.07) is 11.9. The molecule has 2 heterocycles. The Balaban J connectivity index is 1.84. The highest BCUT2D eigenvalue weighted by molar-refractivity contribution is 5.39. The van der Waals surface area contributed by atoms with Gasteiger partial charge in [0.05, 0.1) is 24.5 Å². The number of aliphatic hydroxyl groups excluding tert-OH is 1. The molecule has 0 bridgehead atoms. The lowest BCUT2D eigenvalue weighted by Crippen LogP contribution is -2.27. The average Bonchev–Trinajstić information content (AvgIpc) is 2.91. The van der Waals surface area contributed by atoms with Crippen molar-refractivity contribution in [2.75, 3.05) is 13.7 Å². The predicted octanol–water partition coefficient (Wildman–Crippen LogP) is 2.64. The summed E-state index contributed by atoms with van der Waals surface area (Å²) in [5.74, 6) is -0.292. The topological polar surface area (TPSA) is 40.8 Å². The summed E-state index contributed by atoms with van der Waals surface area (Å²) >= 11 is 0. The summed E-state index contributed by atoms with van der Waals surface area (Å²) in [7, 11) is 1.91. The fourth-order valence-electron chi connectivity index (χ4n) is 2.68. The van der Waals surface area contributed by atoms with E-state index in [1.165, 1.54) is 12.1 Å². The Labute approximate surface area is 128 Å². The van der Waals surface area contributed by atoms with Crippen LogP contribution in [0.25, 0.3) is 5.65 Å². The molecule has 0 radical (unpaired) electrons. The van der Waals surface area contributed by atoms with Crippen LogP contribution in [0.5, 0.6) is 0 Å². The van der Waals surface area contributed by atoms with Gasteiger partial charge in [-0.3, -0.25) is 4.90 Å². The lowest BCUT2D eigenvalue weighted by Gasteiger charge is -2.26. The Hall–Kier alpha value is -2.24. The number of hydrogen-bond donors (Lipinski definition) is 1. The van der Waals surface area contributed by atoms with Crippen molar-refractivity contribution in [1.29, 1.82) is 0 Å². The van der Waals surface area contributed by atoms with Crippen molar-refractivity contribution in [1.82, 2.24) is 14.3 Å². The van der Waals surface area contributed by atoms with E-state index in [1.54, 1.807) is 6.07 Å². The predicted molar refractivity (Wildman–Crippen MR) is 82.9 cm³/mol. The number of likely N-dealkylation sites (N-methyl/N-ethyl adjacent to an activating group) is 1. The molecule has 1 atom stereocenters. The van der Waals surface area contributed by atoms with E-state index in [2.05, 4.69) is 4.98 Å². The largest absolute Gasteiger partial charge is 0.394 e. The molecule has 0 saturated heterocycles. The summed E-state index contributed by atoms with van der Waals surface area (Å²) in [6.45, 7) is 0.531. The molecule has 0 spiro atoms. The number of halogens is 1. The molecule has 5 heteroatoms. The molecule has 0 saturated carbocycles. The molecule has 3 rings (SSSR count). The maximum atomic E-state index is 13.4. The first-order valence-corrected chi connectivity index (χ1v) is 7.16. The van der Waals surface area contributed by atoms with E-state index in [4.69, 9.17) is 0 Å². The first-order valence-electron chi connectivity index (χ1n) is 7.16. The van der Waals surface area contributed by atoms with Crippen LogP contribution in [0.15, 0.2) is 54.9 Å². The number of aliphatic hydroxyl groups is 1. The summed E-state index contributed by atoms with van der Waals surface area (Å²) in [6.07, 6.45) is 3.79. The quantitative estimate of drug-likeness (QED) is 0.787. The van der Waals surface area contributed by atoms with Crippen molar-refractivity contribution < 1.29 is 9.50 Å². The second kappa shape index (κ2) is 6.25. The van der Waals surface area contributed by atoms with Crippen molar-refractivity contribution in [2.24, 2.45) is 0 Å². The zero-order chi connectivity index (χ0) is 15.5. The van der Waals surface area contributed by atoms with Gasteiger partial charge < -0.3 is 9.51 Å². The summed E-state index contributed by atoms with van der Waals surface area (Å²) < 4.78 is 15.4. The Morgan fingerprint density at radius 3 is 2.91 bits per heavy atom. The highest BCUT2D eigenvalue weighted by Crippen LogP contribution is 2.22. The van der Waals surface area contributed by atoms with Gasteiger partial charge in [-0.15, -0.1) is 0 Å². The molecular formula is C17H18FN3O. The van der Waals surface area contributed by atoms with Crippen molar-refractivity contribution in [2.45, 2.75) is 12.6 Å². The maximum Gasteiger partial charge on any atom is 0.136 e. The number of benzene rings is 1. The molecule has 0 aliphatic rings. The zero-order valence-electron chi connectivity index (χ0n) is 12.4. The van der Waals surface area contributed by atoms with Crippen LogP contribution in [0.1, 0.15) is 17.3 Å². The number of fused-ring (bicyclic) bond motifs is 1. The number of imidazole rings is 1. The van der Waals surface area contributed by atoms with E-state index in [0.29, 0.717) is 6.54 Å². The number of nitrogens with zero attached hydrogens (tertiary/aromatic N) is 3. The molecule has 0 fully saturated rings. The highest BCUT2D eigenvalue weighted by atomic mass is 19.1. The van der Waals surface area contributed by atoms with Gasteiger partial charge in [0.2, 0.25) is 0 Å². The molecule has 0 aliphatic carbocycles. The van der Waals surface area contributed by atoms with E-state index in [1.807, 2.05) is 53.0 Å². The van der Waals surface area contributed by atoms with Crippen LogP contribution in [0.3, 0.4) is 0 Å². The van der Waals surface area contributed by atoms with Gasteiger partial charge in [-0.05, 0) is 36.9 Å². The lowest BCUT2D eigenvalue weighted by molar-refractivity contribution is 0.141. The number of hydrogen-bond acceptors (Lipinski definition) is 3. The van der Waals surface area contributed by atoms with Crippen LogP contribution in [-0.2, 0) is 6.54 Å². The summed E-state index contributed by atoms with van der Waals surface area (Å²) in [4.78, 5) is 6.35. The Morgan fingerprint density at radius 1 is 1.27 bits per heavy atom. The molecule has 22 heavy (non-hydrogen) atoms. The van der Waals surface area contributed by atoms with E-state index >= 15 is 0 Å². The van der Waals surface area contributed by atoms with E-state index in [9.17, 15) is 9.50 Å². The first kappa shape index (κ1) is 14.7. The molecule has 0 unspecified atom stereocenters. The minimum absolute atomic E-state index is 0.0727. The number of rotatable bonds is 5. The number of aromatic nitrogens is 2. The van der Waals surface area contributed by atoms with Crippen LogP contribution < -0.4 is 0 Å².